The molecule has 0 aromatic rings. The van der Waals surface area contributed by atoms with Crippen molar-refractivity contribution in [3.05, 3.63) is 35.6 Å². The SMILES string of the molecule is C=C(C)C(=O)C1(C)C(C(=O)O)=C(N)C=CC1C(=O)O. The molecule has 6 heteroatoms. The zero-order chi connectivity index (χ0) is 15.0. The molecule has 4 N–H and O–H groups in total. The third-order valence-electron chi connectivity index (χ3n) is 3.24. The first-order chi connectivity index (χ1) is 8.63. The van der Waals surface area contributed by atoms with Crippen molar-refractivity contribution in [1.82, 2.24) is 0 Å². The monoisotopic (exact) mass is 265 g/mol. The minimum absolute atomic E-state index is 0.0793. The third kappa shape index (κ3) is 2.16. The van der Waals surface area contributed by atoms with E-state index in [1.165, 1.54) is 26.0 Å². The molecule has 6 nitrogen and oxygen atoms in total. The number of carboxylic acid groups (broad SMARTS) is 2. The van der Waals surface area contributed by atoms with Crippen LogP contribution in [0.3, 0.4) is 0 Å². The molecule has 0 saturated heterocycles. The summed E-state index contributed by atoms with van der Waals surface area (Å²) in [6.45, 7) is 6.13. The van der Waals surface area contributed by atoms with Crippen molar-refractivity contribution in [2.24, 2.45) is 17.1 Å². The maximum absolute atomic E-state index is 12.2. The maximum Gasteiger partial charge on any atom is 0.334 e. The first-order valence-corrected chi connectivity index (χ1v) is 5.48. The van der Waals surface area contributed by atoms with Crippen LogP contribution >= 0.6 is 0 Å². The van der Waals surface area contributed by atoms with Crippen molar-refractivity contribution >= 4 is 17.7 Å². The predicted octanol–water partition coefficient (Wildman–Crippen LogP) is 0.706. The fraction of sp³-hybridized carbons (Fsp3) is 0.308. The summed E-state index contributed by atoms with van der Waals surface area (Å²) in [5.41, 5.74) is 3.38. The molecule has 19 heavy (non-hydrogen) atoms. The lowest BCUT2D eigenvalue weighted by atomic mass is 9.64. The van der Waals surface area contributed by atoms with Crippen molar-refractivity contribution in [3.8, 4) is 0 Å². The van der Waals surface area contributed by atoms with Gasteiger partial charge < -0.3 is 15.9 Å². The molecule has 0 fully saturated rings. The number of carbonyl (C=O) groups is 3. The van der Waals surface area contributed by atoms with Crippen LogP contribution in [0.15, 0.2) is 35.6 Å². The molecule has 1 rings (SSSR count). The van der Waals surface area contributed by atoms with E-state index in [0.29, 0.717) is 0 Å². The minimum Gasteiger partial charge on any atom is -0.481 e. The fourth-order valence-electron chi connectivity index (χ4n) is 2.30. The summed E-state index contributed by atoms with van der Waals surface area (Å²) in [6, 6.07) is 0. The van der Waals surface area contributed by atoms with Crippen molar-refractivity contribution in [1.29, 1.82) is 0 Å². The van der Waals surface area contributed by atoms with Gasteiger partial charge in [0.05, 0.1) is 16.9 Å². The summed E-state index contributed by atoms with van der Waals surface area (Å²) >= 11 is 0. The Kier molecular flexibility index (Phi) is 3.65. The van der Waals surface area contributed by atoms with E-state index in [-0.39, 0.29) is 11.3 Å². The number of aliphatic carboxylic acids is 2. The summed E-state index contributed by atoms with van der Waals surface area (Å²) in [7, 11) is 0. The van der Waals surface area contributed by atoms with E-state index >= 15 is 0 Å². The lowest BCUT2D eigenvalue weighted by Crippen LogP contribution is -2.46. The Bertz CT molecular complexity index is 543. The van der Waals surface area contributed by atoms with E-state index in [9.17, 15) is 24.6 Å². The minimum atomic E-state index is -1.76. The Morgan fingerprint density at radius 1 is 1.37 bits per heavy atom. The molecule has 0 saturated carbocycles. The Labute approximate surface area is 109 Å². The molecule has 0 heterocycles. The van der Waals surface area contributed by atoms with Crippen LogP contribution < -0.4 is 5.73 Å². The molecule has 2 atom stereocenters. The summed E-state index contributed by atoms with van der Waals surface area (Å²) in [6.07, 6.45) is 2.43. The van der Waals surface area contributed by atoms with Crippen LogP contribution in [-0.4, -0.2) is 27.9 Å². The average molecular weight is 265 g/mol. The van der Waals surface area contributed by atoms with Crippen LogP contribution in [0.5, 0.6) is 0 Å². The quantitative estimate of drug-likeness (QED) is 0.644. The highest BCUT2D eigenvalue weighted by Crippen LogP contribution is 2.43. The second kappa shape index (κ2) is 4.72. The zero-order valence-corrected chi connectivity index (χ0v) is 10.6. The van der Waals surface area contributed by atoms with Crippen LogP contribution in [0.2, 0.25) is 0 Å². The van der Waals surface area contributed by atoms with Gasteiger partial charge in [-0.1, -0.05) is 12.7 Å². The summed E-state index contributed by atoms with van der Waals surface area (Å²) in [5, 5.41) is 18.4. The summed E-state index contributed by atoms with van der Waals surface area (Å²) < 4.78 is 0. The first-order valence-electron chi connectivity index (χ1n) is 5.48. The van der Waals surface area contributed by atoms with Gasteiger partial charge in [0.15, 0.2) is 5.78 Å². The van der Waals surface area contributed by atoms with Gasteiger partial charge in [-0.25, -0.2) is 4.79 Å². The molecule has 102 valence electrons. The molecule has 1 aliphatic rings. The molecule has 2 unspecified atom stereocenters. The Morgan fingerprint density at radius 2 is 1.89 bits per heavy atom. The van der Waals surface area contributed by atoms with E-state index < -0.39 is 34.6 Å². The van der Waals surface area contributed by atoms with Gasteiger partial charge in [-0.2, -0.15) is 0 Å². The predicted molar refractivity (Wildman–Crippen MR) is 67.0 cm³/mol. The molecular weight excluding hydrogens is 250 g/mol. The van der Waals surface area contributed by atoms with Gasteiger partial charge in [0.25, 0.3) is 0 Å². The molecule has 1 aliphatic carbocycles. The average Bonchev–Trinajstić information content (AvgIpc) is 2.26. The molecule has 0 aromatic heterocycles. The van der Waals surface area contributed by atoms with Gasteiger partial charge in [0.2, 0.25) is 0 Å². The number of carbonyl (C=O) groups excluding carboxylic acids is 1. The molecule has 0 radical (unpaired) electrons. The highest BCUT2D eigenvalue weighted by Gasteiger charge is 2.51. The number of hydrogen-bond acceptors (Lipinski definition) is 4. The highest BCUT2D eigenvalue weighted by molar-refractivity contribution is 6.10. The van der Waals surface area contributed by atoms with Gasteiger partial charge in [0.1, 0.15) is 0 Å². The fourth-order valence-corrected chi connectivity index (χ4v) is 2.30. The van der Waals surface area contributed by atoms with E-state index in [1.807, 2.05) is 0 Å². The number of nitrogens with two attached hydrogens (primary N) is 1. The first kappa shape index (κ1) is 14.7. The maximum atomic E-state index is 12.2. The van der Waals surface area contributed by atoms with Crippen LogP contribution in [0, 0.1) is 11.3 Å². The largest absolute Gasteiger partial charge is 0.481 e. The lowest BCUT2D eigenvalue weighted by Gasteiger charge is -2.36. The number of carboxylic acids is 2. The zero-order valence-electron chi connectivity index (χ0n) is 10.6. The van der Waals surface area contributed by atoms with Crippen LogP contribution in [0.1, 0.15) is 13.8 Å². The van der Waals surface area contributed by atoms with E-state index in [4.69, 9.17) is 5.73 Å². The van der Waals surface area contributed by atoms with Crippen molar-refractivity contribution in [2.75, 3.05) is 0 Å². The second-order valence-electron chi connectivity index (χ2n) is 4.62. The molecular formula is C13H15NO5. The number of allylic oxidation sites excluding steroid dienone is 2. The number of rotatable bonds is 4. The number of Topliss-reactive ketones (excluding diaryl/α,β-unsaturated/α-hetero) is 1. The van der Waals surface area contributed by atoms with Crippen molar-refractivity contribution in [2.45, 2.75) is 13.8 Å². The van der Waals surface area contributed by atoms with Crippen molar-refractivity contribution < 1.29 is 24.6 Å². The number of ketones is 1. The van der Waals surface area contributed by atoms with Gasteiger partial charge in [-0.15, -0.1) is 0 Å². The Morgan fingerprint density at radius 3 is 2.26 bits per heavy atom. The van der Waals surface area contributed by atoms with Gasteiger partial charge in [-0.05, 0) is 25.5 Å². The topological polar surface area (TPSA) is 118 Å². The van der Waals surface area contributed by atoms with Crippen LogP contribution in [0.25, 0.3) is 0 Å². The lowest BCUT2D eigenvalue weighted by molar-refractivity contribution is -0.148. The second-order valence-corrected chi connectivity index (χ2v) is 4.62. The van der Waals surface area contributed by atoms with Crippen LogP contribution in [0.4, 0.5) is 0 Å². The third-order valence-corrected chi connectivity index (χ3v) is 3.24. The smallest absolute Gasteiger partial charge is 0.334 e. The van der Waals surface area contributed by atoms with Gasteiger partial charge >= 0.3 is 11.9 Å². The molecule has 0 aromatic carbocycles. The van der Waals surface area contributed by atoms with Crippen LogP contribution in [-0.2, 0) is 14.4 Å². The van der Waals surface area contributed by atoms with E-state index in [0.717, 1.165) is 0 Å². The normalized spacial score (nSPS) is 26.1. The van der Waals surface area contributed by atoms with Crippen molar-refractivity contribution in [3.63, 3.8) is 0 Å². The molecule has 0 amide bonds. The molecule has 0 spiro atoms. The van der Waals surface area contributed by atoms with E-state index in [2.05, 4.69) is 6.58 Å². The Hall–Kier alpha value is -2.37. The van der Waals surface area contributed by atoms with Gasteiger partial charge in [-0.3, -0.25) is 9.59 Å². The summed E-state index contributed by atoms with van der Waals surface area (Å²) in [4.78, 5) is 34.9. The Balaban J connectivity index is 3.60. The van der Waals surface area contributed by atoms with Gasteiger partial charge in [0, 0.05) is 5.70 Å². The summed E-state index contributed by atoms with van der Waals surface area (Å²) in [5.74, 6) is -4.65. The standard InChI is InChI=1S/C13H15NO5/c1-6(2)10(15)13(3)7(11(16)17)4-5-8(14)9(13)12(18)19/h4-5,7H,1,14H2,2-3H3,(H,16,17)(H,18,19). The van der Waals surface area contributed by atoms with E-state index in [1.54, 1.807) is 0 Å². The molecule has 0 aliphatic heterocycles. The molecule has 0 bridgehead atoms. The highest BCUT2D eigenvalue weighted by atomic mass is 16.4. The number of hydrogen-bond donors (Lipinski definition) is 3.